The summed E-state index contributed by atoms with van der Waals surface area (Å²) in [7, 11) is 0. The second kappa shape index (κ2) is 11.6. The molecule has 0 amide bonds. The molecule has 0 atom stereocenters. The number of benzene rings is 3. The molecule has 0 saturated heterocycles. The first-order valence-corrected chi connectivity index (χ1v) is 11.2. The molecule has 0 aliphatic rings. The Kier molecular flexibility index (Phi) is 8.52. The SMILES string of the molecule is CCCCCCCNCCC(c1ccccc1)(c1ccccc1)c1ccccc1. The van der Waals surface area contributed by atoms with Crippen LogP contribution in [0.5, 0.6) is 0 Å². The summed E-state index contributed by atoms with van der Waals surface area (Å²) in [5.74, 6) is 0. The van der Waals surface area contributed by atoms with E-state index in [4.69, 9.17) is 0 Å². The summed E-state index contributed by atoms with van der Waals surface area (Å²) in [4.78, 5) is 0. The molecular formula is C28H35N. The first kappa shape index (κ1) is 21.3. The van der Waals surface area contributed by atoms with Crippen LogP contribution < -0.4 is 5.32 Å². The van der Waals surface area contributed by atoms with Crippen molar-refractivity contribution in [2.75, 3.05) is 13.1 Å². The van der Waals surface area contributed by atoms with Crippen LogP contribution in [0.3, 0.4) is 0 Å². The van der Waals surface area contributed by atoms with Gasteiger partial charge in [-0.05, 0) is 42.6 Å². The van der Waals surface area contributed by atoms with Gasteiger partial charge < -0.3 is 5.32 Å². The van der Waals surface area contributed by atoms with Crippen LogP contribution in [0.25, 0.3) is 0 Å². The zero-order valence-corrected chi connectivity index (χ0v) is 17.8. The van der Waals surface area contributed by atoms with Crippen LogP contribution in [0.1, 0.15) is 62.1 Å². The van der Waals surface area contributed by atoms with E-state index in [0.29, 0.717) is 0 Å². The van der Waals surface area contributed by atoms with E-state index in [1.165, 1.54) is 48.8 Å². The Labute approximate surface area is 177 Å². The van der Waals surface area contributed by atoms with Crippen LogP contribution in [0.4, 0.5) is 0 Å². The minimum absolute atomic E-state index is 0.140. The molecule has 0 saturated carbocycles. The van der Waals surface area contributed by atoms with Gasteiger partial charge in [-0.3, -0.25) is 0 Å². The Bertz CT molecular complexity index is 699. The molecule has 0 radical (unpaired) electrons. The average Bonchev–Trinajstić information content (AvgIpc) is 2.80. The number of hydrogen-bond donors (Lipinski definition) is 1. The smallest absolute Gasteiger partial charge is 0.0463 e. The van der Waals surface area contributed by atoms with Crippen molar-refractivity contribution in [3.63, 3.8) is 0 Å². The Morgan fingerprint density at radius 2 is 1.00 bits per heavy atom. The highest BCUT2D eigenvalue weighted by atomic mass is 14.8. The van der Waals surface area contributed by atoms with E-state index in [1.54, 1.807) is 0 Å². The highest BCUT2D eigenvalue weighted by Crippen LogP contribution is 2.41. The van der Waals surface area contributed by atoms with Crippen molar-refractivity contribution in [1.82, 2.24) is 5.32 Å². The Hall–Kier alpha value is -2.38. The maximum Gasteiger partial charge on any atom is 0.0463 e. The summed E-state index contributed by atoms with van der Waals surface area (Å²) in [5.41, 5.74) is 3.95. The van der Waals surface area contributed by atoms with Gasteiger partial charge in [0.15, 0.2) is 0 Å². The molecule has 3 aromatic rings. The van der Waals surface area contributed by atoms with Crippen molar-refractivity contribution in [2.45, 2.75) is 50.9 Å². The third-order valence-electron chi connectivity index (χ3n) is 5.93. The van der Waals surface area contributed by atoms with E-state index in [2.05, 4.69) is 103 Å². The Balaban J connectivity index is 1.83. The van der Waals surface area contributed by atoms with Gasteiger partial charge in [0, 0.05) is 5.41 Å². The molecule has 0 spiro atoms. The molecule has 1 heteroatoms. The van der Waals surface area contributed by atoms with E-state index in [0.717, 1.165) is 19.5 Å². The maximum absolute atomic E-state index is 3.73. The number of hydrogen-bond acceptors (Lipinski definition) is 1. The van der Waals surface area contributed by atoms with Crippen LogP contribution >= 0.6 is 0 Å². The molecule has 0 aliphatic heterocycles. The molecule has 1 N–H and O–H groups in total. The third-order valence-corrected chi connectivity index (χ3v) is 5.93. The van der Waals surface area contributed by atoms with Gasteiger partial charge in [-0.25, -0.2) is 0 Å². The van der Waals surface area contributed by atoms with Gasteiger partial charge in [0.25, 0.3) is 0 Å². The molecule has 152 valence electrons. The molecule has 3 rings (SSSR count). The number of rotatable bonds is 12. The lowest BCUT2D eigenvalue weighted by molar-refractivity contribution is 0.506. The summed E-state index contributed by atoms with van der Waals surface area (Å²) < 4.78 is 0. The highest BCUT2D eigenvalue weighted by molar-refractivity contribution is 5.50. The maximum atomic E-state index is 3.73. The normalized spacial score (nSPS) is 11.5. The molecule has 29 heavy (non-hydrogen) atoms. The van der Waals surface area contributed by atoms with E-state index in [-0.39, 0.29) is 5.41 Å². The molecule has 0 bridgehead atoms. The van der Waals surface area contributed by atoms with Crippen LogP contribution in [0, 0.1) is 0 Å². The van der Waals surface area contributed by atoms with Crippen molar-refractivity contribution in [3.8, 4) is 0 Å². The van der Waals surface area contributed by atoms with Crippen molar-refractivity contribution in [3.05, 3.63) is 108 Å². The molecule has 0 unspecified atom stereocenters. The van der Waals surface area contributed by atoms with Crippen LogP contribution in [0.2, 0.25) is 0 Å². The molecule has 1 nitrogen and oxygen atoms in total. The fraction of sp³-hybridized carbons (Fsp3) is 0.357. The van der Waals surface area contributed by atoms with Gasteiger partial charge in [-0.15, -0.1) is 0 Å². The summed E-state index contributed by atoms with van der Waals surface area (Å²) in [6, 6.07) is 33.0. The fourth-order valence-corrected chi connectivity index (χ4v) is 4.36. The first-order valence-electron chi connectivity index (χ1n) is 11.2. The summed E-state index contributed by atoms with van der Waals surface area (Å²) >= 11 is 0. The van der Waals surface area contributed by atoms with Crippen LogP contribution in [-0.2, 0) is 5.41 Å². The molecule has 0 fully saturated rings. The van der Waals surface area contributed by atoms with Crippen LogP contribution in [0.15, 0.2) is 91.0 Å². The Morgan fingerprint density at radius 3 is 1.45 bits per heavy atom. The zero-order valence-electron chi connectivity index (χ0n) is 17.8. The summed E-state index contributed by atoms with van der Waals surface area (Å²) in [5, 5.41) is 3.73. The molecule has 0 heterocycles. The van der Waals surface area contributed by atoms with Gasteiger partial charge in [0.05, 0.1) is 0 Å². The van der Waals surface area contributed by atoms with Crippen LogP contribution in [-0.4, -0.2) is 13.1 Å². The lowest BCUT2D eigenvalue weighted by Crippen LogP contribution is -2.34. The van der Waals surface area contributed by atoms with E-state index in [1.807, 2.05) is 0 Å². The average molecular weight is 386 g/mol. The van der Waals surface area contributed by atoms with Gasteiger partial charge >= 0.3 is 0 Å². The molecule has 0 aliphatic carbocycles. The lowest BCUT2D eigenvalue weighted by Gasteiger charge is -2.36. The lowest BCUT2D eigenvalue weighted by atomic mass is 9.67. The van der Waals surface area contributed by atoms with Crippen molar-refractivity contribution in [1.29, 1.82) is 0 Å². The predicted molar refractivity (Wildman–Crippen MR) is 125 cm³/mol. The van der Waals surface area contributed by atoms with Crippen molar-refractivity contribution < 1.29 is 0 Å². The Morgan fingerprint density at radius 1 is 0.552 bits per heavy atom. The second-order valence-electron chi connectivity index (χ2n) is 7.92. The third kappa shape index (κ3) is 5.58. The molecule has 0 aromatic heterocycles. The van der Waals surface area contributed by atoms with E-state index >= 15 is 0 Å². The van der Waals surface area contributed by atoms with E-state index < -0.39 is 0 Å². The molecular weight excluding hydrogens is 350 g/mol. The van der Waals surface area contributed by atoms with Gasteiger partial charge in [-0.2, -0.15) is 0 Å². The van der Waals surface area contributed by atoms with Crippen molar-refractivity contribution in [2.24, 2.45) is 0 Å². The topological polar surface area (TPSA) is 12.0 Å². The number of unbranched alkanes of at least 4 members (excludes halogenated alkanes) is 4. The standard InChI is InChI=1S/C28H35N/c1-2-3-4-5-15-23-29-24-22-28(25-16-9-6-10-17-25,26-18-11-7-12-19-26)27-20-13-8-14-21-27/h6-14,16-21,29H,2-5,15,22-24H2,1H3. The second-order valence-corrected chi connectivity index (χ2v) is 7.92. The van der Waals surface area contributed by atoms with Gasteiger partial charge in [-0.1, -0.05) is 124 Å². The first-order chi connectivity index (χ1) is 14.4. The largest absolute Gasteiger partial charge is 0.317 e. The predicted octanol–water partition coefficient (Wildman–Crippen LogP) is 6.97. The fourth-order valence-electron chi connectivity index (χ4n) is 4.36. The van der Waals surface area contributed by atoms with E-state index in [9.17, 15) is 0 Å². The molecule has 3 aromatic carbocycles. The van der Waals surface area contributed by atoms with Crippen molar-refractivity contribution >= 4 is 0 Å². The van der Waals surface area contributed by atoms with Gasteiger partial charge in [0.2, 0.25) is 0 Å². The monoisotopic (exact) mass is 385 g/mol. The zero-order chi connectivity index (χ0) is 20.2. The number of nitrogens with one attached hydrogen (secondary N) is 1. The minimum Gasteiger partial charge on any atom is -0.317 e. The minimum atomic E-state index is -0.140. The quantitative estimate of drug-likeness (QED) is 0.262. The van der Waals surface area contributed by atoms with Gasteiger partial charge in [0.1, 0.15) is 0 Å². The highest BCUT2D eigenvalue weighted by Gasteiger charge is 2.35. The summed E-state index contributed by atoms with van der Waals surface area (Å²) in [6.07, 6.45) is 7.68. The summed E-state index contributed by atoms with van der Waals surface area (Å²) in [6.45, 7) is 4.39.